The van der Waals surface area contributed by atoms with Gasteiger partial charge in [0.1, 0.15) is 0 Å². The van der Waals surface area contributed by atoms with E-state index >= 15 is 0 Å². The summed E-state index contributed by atoms with van der Waals surface area (Å²) < 4.78 is 5.25. The third-order valence-electron chi connectivity index (χ3n) is 3.38. The first-order valence-corrected chi connectivity index (χ1v) is 6.91. The van der Waals surface area contributed by atoms with E-state index in [0.717, 1.165) is 32.5 Å². The zero-order valence-electron chi connectivity index (χ0n) is 12.0. The molecule has 5 nitrogen and oxygen atoms in total. The second-order valence-corrected chi connectivity index (χ2v) is 4.86. The van der Waals surface area contributed by atoms with Crippen molar-refractivity contribution in [2.45, 2.75) is 46.6 Å². The maximum absolute atomic E-state index is 6.10. The molecule has 1 heterocycles. The molecule has 0 aliphatic carbocycles. The van der Waals surface area contributed by atoms with E-state index in [0.29, 0.717) is 17.6 Å². The first kappa shape index (κ1) is 15.1. The molecule has 1 rings (SSSR count). The van der Waals surface area contributed by atoms with Crippen LogP contribution in [-0.4, -0.2) is 34.7 Å². The average molecular weight is 254 g/mol. The normalized spacial score (nSPS) is 15.0. The summed E-state index contributed by atoms with van der Waals surface area (Å²) in [7, 11) is 0. The van der Waals surface area contributed by atoms with Crippen molar-refractivity contribution >= 4 is 0 Å². The second kappa shape index (κ2) is 7.48. The fourth-order valence-corrected chi connectivity index (χ4v) is 1.79. The summed E-state index contributed by atoms with van der Waals surface area (Å²) in [5.41, 5.74) is 6.10. The van der Waals surface area contributed by atoms with Crippen LogP contribution in [0, 0.1) is 5.92 Å². The molecule has 1 aromatic heterocycles. The van der Waals surface area contributed by atoms with Gasteiger partial charge in [-0.1, -0.05) is 39.3 Å². The summed E-state index contributed by atoms with van der Waals surface area (Å²) in [6.45, 7) is 11.3. The number of hydrogen-bond donors (Lipinski definition) is 1. The predicted molar refractivity (Wildman–Crippen MR) is 72.2 cm³/mol. The minimum atomic E-state index is -0.167. The summed E-state index contributed by atoms with van der Waals surface area (Å²) in [6, 6.07) is -0.167. The van der Waals surface area contributed by atoms with E-state index in [9.17, 15) is 0 Å². The third-order valence-corrected chi connectivity index (χ3v) is 3.38. The summed E-state index contributed by atoms with van der Waals surface area (Å²) in [6.07, 6.45) is 1.95. The molecule has 18 heavy (non-hydrogen) atoms. The summed E-state index contributed by atoms with van der Waals surface area (Å²) in [5, 5.41) is 3.99. The van der Waals surface area contributed by atoms with E-state index < -0.39 is 0 Å². The first-order chi connectivity index (χ1) is 8.60. The standard InChI is InChI=1S/C13H26N4O/c1-5-10(4)8-12-15-13(16-18-12)11(14)9-17(6-2)7-3/h10-11H,5-9,14H2,1-4H3. The zero-order valence-corrected chi connectivity index (χ0v) is 12.0. The SMILES string of the molecule is CCC(C)Cc1nc(C(N)CN(CC)CC)no1. The van der Waals surface area contributed by atoms with Crippen LogP contribution in [0.1, 0.15) is 51.9 Å². The highest BCUT2D eigenvalue weighted by Crippen LogP contribution is 2.13. The van der Waals surface area contributed by atoms with E-state index in [1.807, 2.05) is 0 Å². The third kappa shape index (κ3) is 4.38. The minimum absolute atomic E-state index is 0.167. The Morgan fingerprint density at radius 1 is 1.28 bits per heavy atom. The van der Waals surface area contributed by atoms with Gasteiger partial charge in [-0.2, -0.15) is 4.98 Å². The van der Waals surface area contributed by atoms with Gasteiger partial charge in [-0.05, 0) is 19.0 Å². The van der Waals surface area contributed by atoms with Crippen LogP contribution >= 0.6 is 0 Å². The number of rotatable bonds is 8. The maximum atomic E-state index is 6.10. The lowest BCUT2D eigenvalue weighted by Gasteiger charge is -2.20. The average Bonchev–Trinajstić information content (AvgIpc) is 2.84. The Kier molecular flexibility index (Phi) is 6.29. The highest BCUT2D eigenvalue weighted by Gasteiger charge is 2.17. The molecule has 1 aromatic rings. The fourth-order valence-electron chi connectivity index (χ4n) is 1.79. The Hall–Kier alpha value is -0.940. The van der Waals surface area contributed by atoms with Crippen LogP contribution < -0.4 is 5.73 Å². The monoisotopic (exact) mass is 254 g/mol. The van der Waals surface area contributed by atoms with E-state index in [2.05, 4.69) is 42.7 Å². The van der Waals surface area contributed by atoms with Crippen molar-refractivity contribution in [3.63, 3.8) is 0 Å². The van der Waals surface area contributed by atoms with Crippen LogP contribution in [0.4, 0.5) is 0 Å². The van der Waals surface area contributed by atoms with Crippen LogP contribution in [0.25, 0.3) is 0 Å². The maximum Gasteiger partial charge on any atom is 0.226 e. The molecule has 0 bridgehead atoms. The van der Waals surface area contributed by atoms with Gasteiger partial charge in [-0.15, -0.1) is 0 Å². The van der Waals surface area contributed by atoms with Crippen LogP contribution in [0.5, 0.6) is 0 Å². The van der Waals surface area contributed by atoms with Gasteiger partial charge in [-0.25, -0.2) is 0 Å². The van der Waals surface area contributed by atoms with Crippen LogP contribution in [0.2, 0.25) is 0 Å². The Bertz CT molecular complexity index is 335. The Balaban J connectivity index is 2.56. The second-order valence-electron chi connectivity index (χ2n) is 4.86. The van der Waals surface area contributed by atoms with Crippen molar-refractivity contribution in [1.82, 2.24) is 15.0 Å². The zero-order chi connectivity index (χ0) is 13.5. The molecule has 0 saturated heterocycles. The van der Waals surface area contributed by atoms with Crippen molar-refractivity contribution in [3.05, 3.63) is 11.7 Å². The molecule has 2 N–H and O–H groups in total. The van der Waals surface area contributed by atoms with E-state index in [-0.39, 0.29) is 6.04 Å². The number of likely N-dealkylation sites (N-methyl/N-ethyl adjacent to an activating group) is 1. The Morgan fingerprint density at radius 2 is 1.94 bits per heavy atom. The van der Waals surface area contributed by atoms with Crippen molar-refractivity contribution < 1.29 is 4.52 Å². The smallest absolute Gasteiger partial charge is 0.226 e. The summed E-state index contributed by atoms with van der Waals surface area (Å²) >= 11 is 0. The Morgan fingerprint density at radius 3 is 2.50 bits per heavy atom. The van der Waals surface area contributed by atoms with Crippen LogP contribution in [0.3, 0.4) is 0 Å². The molecule has 0 amide bonds. The molecule has 0 fully saturated rings. The predicted octanol–water partition coefficient (Wildman–Crippen LogP) is 2.00. The van der Waals surface area contributed by atoms with E-state index in [4.69, 9.17) is 10.3 Å². The molecular formula is C13H26N4O. The molecule has 0 radical (unpaired) electrons. The summed E-state index contributed by atoms with van der Waals surface area (Å²) in [4.78, 5) is 6.65. The number of aromatic nitrogens is 2. The van der Waals surface area contributed by atoms with Gasteiger partial charge >= 0.3 is 0 Å². The number of nitrogens with two attached hydrogens (primary N) is 1. The van der Waals surface area contributed by atoms with Gasteiger partial charge in [0.15, 0.2) is 5.82 Å². The van der Waals surface area contributed by atoms with Gasteiger partial charge < -0.3 is 15.2 Å². The van der Waals surface area contributed by atoms with Crippen molar-refractivity contribution in [2.75, 3.05) is 19.6 Å². The van der Waals surface area contributed by atoms with Gasteiger partial charge in [-0.3, -0.25) is 0 Å². The molecule has 5 heteroatoms. The molecule has 2 atom stereocenters. The quantitative estimate of drug-likeness (QED) is 0.768. The molecule has 104 valence electrons. The fraction of sp³-hybridized carbons (Fsp3) is 0.846. The van der Waals surface area contributed by atoms with Crippen molar-refractivity contribution in [2.24, 2.45) is 11.7 Å². The van der Waals surface area contributed by atoms with Gasteiger partial charge in [0.2, 0.25) is 5.89 Å². The van der Waals surface area contributed by atoms with Crippen LogP contribution in [0.15, 0.2) is 4.52 Å². The summed E-state index contributed by atoms with van der Waals surface area (Å²) in [5.74, 6) is 1.90. The molecule has 0 aliphatic rings. The van der Waals surface area contributed by atoms with Crippen LogP contribution in [-0.2, 0) is 6.42 Å². The molecular weight excluding hydrogens is 228 g/mol. The molecule has 0 spiro atoms. The molecule has 0 saturated carbocycles. The minimum Gasteiger partial charge on any atom is -0.339 e. The number of nitrogens with zero attached hydrogens (tertiary/aromatic N) is 3. The lowest BCUT2D eigenvalue weighted by molar-refractivity contribution is 0.277. The lowest BCUT2D eigenvalue weighted by Crippen LogP contribution is -2.32. The van der Waals surface area contributed by atoms with E-state index in [1.165, 1.54) is 0 Å². The molecule has 2 unspecified atom stereocenters. The topological polar surface area (TPSA) is 68.2 Å². The molecule has 0 aliphatic heterocycles. The lowest BCUT2D eigenvalue weighted by atomic mass is 10.1. The van der Waals surface area contributed by atoms with E-state index in [1.54, 1.807) is 0 Å². The Labute approximate surface area is 110 Å². The van der Waals surface area contributed by atoms with Gasteiger partial charge in [0.25, 0.3) is 0 Å². The molecule has 0 aromatic carbocycles. The van der Waals surface area contributed by atoms with Gasteiger partial charge in [0, 0.05) is 13.0 Å². The first-order valence-electron chi connectivity index (χ1n) is 6.91. The highest BCUT2D eigenvalue weighted by molar-refractivity contribution is 4.94. The highest BCUT2D eigenvalue weighted by atomic mass is 16.5. The van der Waals surface area contributed by atoms with Crippen molar-refractivity contribution in [3.8, 4) is 0 Å². The largest absolute Gasteiger partial charge is 0.339 e. The van der Waals surface area contributed by atoms with Gasteiger partial charge in [0.05, 0.1) is 6.04 Å². The van der Waals surface area contributed by atoms with Crippen molar-refractivity contribution in [1.29, 1.82) is 0 Å². The number of hydrogen-bond acceptors (Lipinski definition) is 5.